The van der Waals surface area contributed by atoms with Crippen LogP contribution in [0, 0.1) is 20.8 Å². The zero-order valence-electron chi connectivity index (χ0n) is 64.0. The van der Waals surface area contributed by atoms with Crippen LogP contribution in [-0.4, -0.2) is 20.1 Å². The molecule has 0 fully saturated rings. The van der Waals surface area contributed by atoms with Crippen LogP contribution in [0.5, 0.6) is 46.0 Å². The number of hydrogen-bond acceptors (Lipinski definition) is 9. The van der Waals surface area contributed by atoms with Crippen molar-refractivity contribution in [2.75, 3.05) is 10.2 Å². The Bertz CT molecular complexity index is 7070. The van der Waals surface area contributed by atoms with Crippen LogP contribution < -0.4 is 78.3 Å². The largest absolute Gasteiger partial charge is 0.458 e. The standard InChI is InChI=1S/C99H75B3N2O7/c1-51-39-52(2)90(53(3)40-51)104-77-49-75-71(100-69-35-13-15-37-79(69)105-83-43-54(41-76(103-75)87(83)100)57-23-17-26-60-63-29-20-32-66(97(4,5)6)94(63)109-91(57)60)47-72(77)102-74-48-73-81(50-82(74)107-84-44-55(42-78(104)88(84)102)58-24-18-27-61-64-30-21-33-67(98(7,8)9)95(64)110-92(58)61)108-86-46-56(45-85-89(86)101(73)70-36-14-16-38-80(70)106-85)59-25-19-28-62-65-31-22-34-68(99(10,11)12)96(65)111-93(59)62/h13-50,103H,1-12H3. The van der Waals surface area contributed by atoms with Crippen LogP contribution >= 0.6 is 0 Å². The molecule has 0 spiro atoms. The number of furan rings is 3. The third kappa shape index (κ3) is 9.16. The van der Waals surface area contributed by atoms with E-state index in [0.29, 0.717) is 0 Å². The van der Waals surface area contributed by atoms with Gasteiger partial charge in [-0.3, -0.25) is 0 Å². The van der Waals surface area contributed by atoms with E-state index in [9.17, 15) is 0 Å². The van der Waals surface area contributed by atoms with Gasteiger partial charge in [-0.25, -0.2) is 0 Å². The Kier molecular flexibility index (Phi) is 13.0. The van der Waals surface area contributed by atoms with Crippen LogP contribution in [0.1, 0.15) is 95.7 Å². The number of anilines is 5. The van der Waals surface area contributed by atoms with Crippen LogP contribution in [0.2, 0.25) is 0 Å². The predicted octanol–water partition coefficient (Wildman–Crippen LogP) is 21.0. The van der Waals surface area contributed by atoms with E-state index in [0.717, 1.165) is 239 Å². The molecule has 111 heavy (non-hydrogen) atoms. The topological polar surface area (TPSA) is 91.6 Å². The third-order valence-electron chi connectivity index (χ3n) is 24.7. The molecule has 0 amide bonds. The second-order valence-electron chi connectivity index (χ2n) is 34.8. The van der Waals surface area contributed by atoms with Gasteiger partial charge < -0.3 is 42.4 Å². The highest BCUT2D eigenvalue weighted by Crippen LogP contribution is 2.52. The molecule has 6 aliphatic rings. The van der Waals surface area contributed by atoms with Crippen molar-refractivity contribution < 1.29 is 32.2 Å². The number of rotatable bonds is 4. The first-order chi connectivity index (χ1) is 53.6. The van der Waals surface area contributed by atoms with Crippen molar-refractivity contribution in [1.29, 1.82) is 0 Å². The Morgan fingerprint density at radius 2 is 0.676 bits per heavy atom. The smallest absolute Gasteiger partial charge is 0.260 e. The zero-order chi connectivity index (χ0) is 74.9. The minimum Gasteiger partial charge on any atom is -0.458 e. The van der Waals surface area contributed by atoms with Gasteiger partial charge in [0.05, 0.1) is 5.69 Å². The molecule has 0 aliphatic carbocycles. The Hall–Kier alpha value is -12.5. The molecule has 0 radical (unpaired) electrons. The van der Waals surface area contributed by atoms with Crippen LogP contribution in [-0.2, 0) is 16.2 Å². The molecule has 12 heteroatoms. The first-order valence-electron chi connectivity index (χ1n) is 38.9. The summed E-state index contributed by atoms with van der Waals surface area (Å²) in [5, 5.41) is 10.7. The van der Waals surface area contributed by atoms with Gasteiger partial charge in [0.15, 0.2) is 0 Å². The minimum absolute atomic E-state index is 0.132. The summed E-state index contributed by atoms with van der Waals surface area (Å²) in [6, 6.07) is 84.2. The van der Waals surface area contributed by atoms with Gasteiger partial charge in [-0.05, 0) is 163 Å². The van der Waals surface area contributed by atoms with Gasteiger partial charge in [0.2, 0.25) is 0 Å². The molecule has 14 aromatic carbocycles. The predicted molar refractivity (Wildman–Crippen MR) is 459 cm³/mol. The molecule has 3 aromatic heterocycles. The number of nitrogens with one attached hydrogen (secondary N) is 1. The monoisotopic (exact) mass is 1440 g/mol. The number of aryl methyl sites for hydroxylation is 3. The molecule has 0 saturated carbocycles. The van der Waals surface area contributed by atoms with E-state index in [2.05, 4.69) is 324 Å². The van der Waals surface area contributed by atoms with Crippen molar-refractivity contribution in [3.63, 3.8) is 0 Å². The van der Waals surface area contributed by atoms with Crippen molar-refractivity contribution in [1.82, 2.24) is 0 Å². The Labute approximate surface area is 644 Å². The Balaban J connectivity index is 0.764. The fourth-order valence-electron chi connectivity index (χ4n) is 19.9. The number of benzene rings is 14. The first kappa shape index (κ1) is 64.5. The van der Waals surface area contributed by atoms with Crippen molar-refractivity contribution in [3.8, 4) is 79.4 Å². The van der Waals surface area contributed by atoms with E-state index < -0.39 is 0 Å². The molecule has 6 aliphatic heterocycles. The van der Waals surface area contributed by atoms with Crippen molar-refractivity contribution in [2.24, 2.45) is 0 Å². The van der Waals surface area contributed by atoms with Crippen molar-refractivity contribution in [3.05, 3.63) is 264 Å². The van der Waals surface area contributed by atoms with Crippen LogP contribution in [0.3, 0.4) is 0 Å². The lowest BCUT2D eigenvalue weighted by molar-refractivity contribution is 0.456. The van der Waals surface area contributed by atoms with Gasteiger partial charge in [0.1, 0.15) is 79.5 Å². The summed E-state index contributed by atoms with van der Waals surface area (Å²) in [6.45, 7) is 26.2. The number of hydrogen-bond donors (Lipinski definition) is 1. The molecule has 0 unspecified atom stereocenters. The highest BCUT2D eigenvalue weighted by Gasteiger charge is 2.49. The van der Waals surface area contributed by atoms with Gasteiger partial charge in [-0.2, -0.15) is 0 Å². The molecule has 23 rings (SSSR count). The number of ether oxygens (including phenoxy) is 4. The molecule has 1 N–H and O–H groups in total. The molecule has 0 bridgehead atoms. The van der Waals surface area contributed by atoms with Crippen LogP contribution in [0.25, 0.3) is 99.2 Å². The molecule has 9 nitrogen and oxygen atoms in total. The highest BCUT2D eigenvalue weighted by molar-refractivity contribution is 7.03. The summed E-state index contributed by atoms with van der Waals surface area (Å²) in [5.74, 6) is 6.10. The third-order valence-corrected chi connectivity index (χ3v) is 24.7. The fraction of sp³-hybridized carbons (Fsp3) is 0.152. The molecule has 17 aromatic rings. The SMILES string of the molecule is Cc1cc(C)c(N2c3cc4c(cc3B3c5cc6c(cc5Oc5cc(-c7cccc8c7oc7c(C(C)(C)C)cccc78)cc2c53)Oc2cc(-c3cccc5c3oc3c(C(C)(C)C)cccc35)cc3c2B6c2ccccc2O3)B2c3ccccc3Oc3cc(-c5cccc6c5oc5c(C(C)(C)C)cccc56)cc(c32)N4)c(C)c1. The average molecular weight is 1440 g/mol. The first-order valence-corrected chi connectivity index (χ1v) is 38.9. The number of nitrogens with zero attached hydrogens (tertiary/aromatic N) is 1. The van der Waals surface area contributed by atoms with E-state index in [1.807, 2.05) is 0 Å². The quantitative estimate of drug-likeness (QED) is 0.173. The highest BCUT2D eigenvalue weighted by atomic mass is 16.5. The Morgan fingerprint density at radius 1 is 0.288 bits per heavy atom. The van der Waals surface area contributed by atoms with E-state index in [1.165, 1.54) is 16.7 Å². The lowest BCUT2D eigenvalue weighted by atomic mass is 9.30. The zero-order valence-corrected chi connectivity index (χ0v) is 64.0. The summed E-state index contributed by atoms with van der Waals surface area (Å²) in [4.78, 5) is 2.56. The second kappa shape index (κ2) is 22.4. The summed E-state index contributed by atoms with van der Waals surface area (Å²) < 4.78 is 51.1. The second-order valence-corrected chi connectivity index (χ2v) is 34.8. The van der Waals surface area contributed by atoms with E-state index >= 15 is 0 Å². The van der Waals surface area contributed by atoms with E-state index in [-0.39, 0.29) is 36.4 Å². The maximum atomic E-state index is 7.81. The molecule has 0 saturated heterocycles. The van der Waals surface area contributed by atoms with Crippen LogP contribution in [0.4, 0.5) is 28.4 Å². The van der Waals surface area contributed by atoms with Gasteiger partial charge in [0.25, 0.3) is 20.1 Å². The fourth-order valence-corrected chi connectivity index (χ4v) is 19.9. The lowest BCUT2D eigenvalue weighted by Gasteiger charge is -2.43. The molecule has 0 atom stereocenters. The number of fused-ring (bicyclic) bond motifs is 21. The molecule has 532 valence electrons. The maximum absolute atomic E-state index is 7.81. The van der Waals surface area contributed by atoms with E-state index in [4.69, 9.17) is 32.2 Å². The molecular weight excluding hydrogens is 1360 g/mol. The van der Waals surface area contributed by atoms with Crippen molar-refractivity contribution >= 4 is 164 Å². The van der Waals surface area contributed by atoms with Gasteiger partial charge in [0, 0.05) is 100.0 Å². The lowest BCUT2D eigenvalue weighted by Crippen LogP contribution is -2.64. The summed E-state index contributed by atoms with van der Waals surface area (Å²) in [5.41, 5.74) is 32.5. The van der Waals surface area contributed by atoms with E-state index in [1.54, 1.807) is 0 Å². The maximum Gasteiger partial charge on any atom is 0.260 e. The summed E-state index contributed by atoms with van der Waals surface area (Å²) in [7, 11) is 0. The van der Waals surface area contributed by atoms with Gasteiger partial charge in [-0.1, -0.05) is 238 Å². The van der Waals surface area contributed by atoms with Crippen molar-refractivity contribution in [2.45, 2.75) is 99.3 Å². The normalized spacial score (nSPS) is 14.1. The number of para-hydroxylation sites is 8. The minimum atomic E-state index is -0.361. The van der Waals surface area contributed by atoms with Gasteiger partial charge >= 0.3 is 0 Å². The molecule has 9 heterocycles. The van der Waals surface area contributed by atoms with Crippen LogP contribution in [0.15, 0.2) is 244 Å². The molecular formula is C99H75B3N2O7. The summed E-state index contributed by atoms with van der Waals surface area (Å²) in [6.07, 6.45) is 0. The average Bonchev–Trinajstić information content (AvgIpc) is 1.43. The van der Waals surface area contributed by atoms with Gasteiger partial charge in [-0.15, -0.1) is 0 Å². The Morgan fingerprint density at radius 3 is 1.15 bits per heavy atom. The summed E-state index contributed by atoms with van der Waals surface area (Å²) >= 11 is 0.